The molecule has 0 bridgehead atoms. The maximum Gasteiger partial charge on any atom is 0.0904 e. The van der Waals surface area contributed by atoms with Crippen LogP contribution in [-0.4, -0.2) is 16.1 Å². The van der Waals surface area contributed by atoms with E-state index < -0.39 is 16.1 Å². The predicted molar refractivity (Wildman–Crippen MR) is 165 cm³/mol. The van der Waals surface area contributed by atoms with Crippen LogP contribution in [0.25, 0.3) is 57.8 Å². The quantitative estimate of drug-likeness (QED) is 0.185. The average Bonchev–Trinajstić information content (AvgIpc) is 3.44. The SMILES string of the molecule is C[Si](C)(C)c1cc2c(s1)sc1sc3ccc4sc5sc6sc([Si](C)(C)C)cc6c5c4c3c12. The Bertz CT molecular complexity index is 1710. The molecule has 0 unspecified atom stereocenters. The summed E-state index contributed by atoms with van der Waals surface area (Å²) < 4.78 is 12.3. The van der Waals surface area contributed by atoms with Crippen LogP contribution in [0.1, 0.15) is 0 Å². The summed E-state index contributed by atoms with van der Waals surface area (Å²) in [6, 6.07) is 9.86. The van der Waals surface area contributed by atoms with Gasteiger partial charge in [-0.15, -0.1) is 68.0 Å². The molecule has 0 atom stereocenters. The van der Waals surface area contributed by atoms with Gasteiger partial charge in [-0.1, -0.05) is 39.3 Å². The van der Waals surface area contributed by atoms with Gasteiger partial charge in [-0.25, -0.2) is 0 Å². The Hall–Kier alpha value is -0.586. The minimum absolute atomic E-state index is 1.30. The minimum atomic E-state index is -1.30. The molecule has 0 saturated carbocycles. The van der Waals surface area contributed by atoms with Gasteiger partial charge in [0.05, 0.1) is 32.2 Å². The molecule has 0 saturated heterocycles. The third-order valence-electron chi connectivity index (χ3n) is 6.23. The lowest BCUT2D eigenvalue weighted by Gasteiger charge is -2.12. The van der Waals surface area contributed by atoms with Gasteiger partial charge in [0, 0.05) is 41.7 Å². The highest BCUT2D eigenvalue weighted by molar-refractivity contribution is 7.54. The molecule has 0 fully saturated rings. The number of benzene rings is 1. The highest BCUT2D eigenvalue weighted by Gasteiger charge is 2.26. The summed E-state index contributed by atoms with van der Waals surface area (Å²) >= 11 is 12.2. The van der Waals surface area contributed by atoms with E-state index in [0.717, 1.165) is 0 Å². The maximum absolute atomic E-state index is 2.55. The first-order valence-corrected chi connectivity index (χ1v) is 22.7. The topological polar surface area (TPSA) is 0 Å². The molecule has 0 N–H and O–H groups in total. The molecule has 0 aliphatic rings. The molecule has 162 valence electrons. The smallest absolute Gasteiger partial charge is 0.0904 e. The van der Waals surface area contributed by atoms with Gasteiger partial charge < -0.3 is 0 Å². The Kier molecular flexibility index (Phi) is 4.24. The lowest BCUT2D eigenvalue weighted by Crippen LogP contribution is -2.34. The summed E-state index contributed by atoms with van der Waals surface area (Å²) in [5, 5.41) is 9.17. The number of rotatable bonds is 2. The summed E-state index contributed by atoms with van der Waals surface area (Å²) in [6.45, 7) is 14.8. The van der Waals surface area contributed by atoms with Gasteiger partial charge in [-0.2, -0.15) is 0 Å². The van der Waals surface area contributed by atoms with Crippen molar-refractivity contribution in [1.29, 1.82) is 0 Å². The van der Waals surface area contributed by atoms with Crippen LogP contribution in [0, 0.1) is 0 Å². The zero-order valence-corrected chi connectivity index (χ0v) is 25.7. The van der Waals surface area contributed by atoms with Crippen molar-refractivity contribution in [2.45, 2.75) is 39.3 Å². The summed E-state index contributed by atoms with van der Waals surface area (Å²) in [4.78, 5) is 0. The maximum atomic E-state index is 2.55. The van der Waals surface area contributed by atoms with Crippen LogP contribution in [0.2, 0.25) is 39.3 Å². The summed E-state index contributed by atoms with van der Waals surface area (Å²) in [6.07, 6.45) is 0. The van der Waals surface area contributed by atoms with E-state index in [1.807, 2.05) is 45.3 Å². The van der Waals surface area contributed by atoms with E-state index in [4.69, 9.17) is 0 Å². The van der Waals surface area contributed by atoms with Gasteiger partial charge in [0.1, 0.15) is 0 Å². The molecule has 0 aliphatic carbocycles. The van der Waals surface area contributed by atoms with Gasteiger partial charge in [-0.05, 0) is 33.3 Å². The highest BCUT2D eigenvalue weighted by Crippen LogP contribution is 2.53. The van der Waals surface area contributed by atoms with E-state index in [9.17, 15) is 0 Å². The molecule has 0 spiro atoms. The van der Waals surface area contributed by atoms with E-state index in [1.165, 1.54) is 57.8 Å². The Morgan fingerprint density at radius 2 is 0.875 bits per heavy atom. The molecule has 0 nitrogen and oxygen atoms in total. The van der Waals surface area contributed by atoms with E-state index in [0.29, 0.717) is 0 Å². The lowest BCUT2D eigenvalue weighted by atomic mass is 10.1. The van der Waals surface area contributed by atoms with Crippen LogP contribution in [0.3, 0.4) is 0 Å². The van der Waals surface area contributed by atoms with E-state index >= 15 is 0 Å². The van der Waals surface area contributed by atoms with Crippen molar-refractivity contribution >= 4 is 151 Å². The van der Waals surface area contributed by atoms with Gasteiger partial charge in [0.15, 0.2) is 0 Å². The fourth-order valence-electron chi connectivity index (χ4n) is 4.53. The normalized spacial score (nSPS) is 13.9. The van der Waals surface area contributed by atoms with E-state index in [2.05, 4.69) is 86.2 Å². The van der Waals surface area contributed by atoms with Crippen molar-refractivity contribution in [2.75, 3.05) is 0 Å². The molecule has 0 radical (unpaired) electrons. The number of fused-ring (bicyclic) bond motifs is 11. The van der Waals surface area contributed by atoms with Crippen LogP contribution in [0.5, 0.6) is 0 Å². The first-order chi connectivity index (χ1) is 15.1. The monoisotopic (exact) mass is 558 g/mol. The largest absolute Gasteiger partial charge is 0.134 e. The van der Waals surface area contributed by atoms with E-state index in [1.54, 1.807) is 9.00 Å². The zero-order valence-electron chi connectivity index (χ0n) is 18.8. The Balaban J connectivity index is 1.67. The van der Waals surface area contributed by atoms with Crippen LogP contribution in [0.4, 0.5) is 0 Å². The van der Waals surface area contributed by atoms with Crippen molar-refractivity contribution in [3.05, 3.63) is 24.3 Å². The third kappa shape index (κ3) is 2.78. The molecule has 6 aromatic heterocycles. The zero-order chi connectivity index (χ0) is 22.2. The Morgan fingerprint density at radius 3 is 1.25 bits per heavy atom. The summed E-state index contributed by atoms with van der Waals surface area (Å²) in [5.41, 5.74) is 0. The van der Waals surface area contributed by atoms with Crippen molar-refractivity contribution in [3.8, 4) is 0 Å². The van der Waals surface area contributed by atoms with Crippen molar-refractivity contribution in [3.63, 3.8) is 0 Å². The molecule has 1 aromatic carbocycles. The fourth-order valence-corrected chi connectivity index (χ4v) is 17.0. The third-order valence-corrected chi connectivity index (χ3v) is 20.7. The average molecular weight is 559 g/mol. The first kappa shape index (κ1) is 20.8. The van der Waals surface area contributed by atoms with Crippen LogP contribution in [-0.2, 0) is 0 Å². The van der Waals surface area contributed by atoms with Gasteiger partial charge >= 0.3 is 0 Å². The standard InChI is InChI=1S/C24H22S6Si2/c1-31(2,3)15-9-11-17-19-13(25-23(17)29-21(11)27-15)7-8-14-20(19)18-12-10-16(32(4,5)6)28-22(12)30-24(18)26-14/h7-10H,1-6H3. The molecular formula is C24H22S6Si2. The fraction of sp³-hybridized carbons (Fsp3) is 0.250. The Morgan fingerprint density at radius 1 is 0.469 bits per heavy atom. The van der Waals surface area contributed by atoms with Crippen molar-refractivity contribution < 1.29 is 0 Å². The Labute approximate surface area is 212 Å². The van der Waals surface area contributed by atoms with Crippen LogP contribution < -0.4 is 9.00 Å². The van der Waals surface area contributed by atoms with Crippen molar-refractivity contribution in [2.24, 2.45) is 0 Å². The van der Waals surface area contributed by atoms with Crippen molar-refractivity contribution in [1.82, 2.24) is 0 Å². The molecular weight excluding hydrogens is 537 g/mol. The van der Waals surface area contributed by atoms with Crippen LogP contribution in [0.15, 0.2) is 24.3 Å². The molecule has 6 heterocycles. The lowest BCUT2D eigenvalue weighted by molar-refractivity contribution is 1.79. The first-order valence-electron chi connectivity index (χ1n) is 10.8. The van der Waals surface area contributed by atoms with E-state index in [-0.39, 0.29) is 0 Å². The number of thiophene rings is 6. The summed E-state index contributed by atoms with van der Waals surface area (Å²) in [7, 11) is -2.60. The summed E-state index contributed by atoms with van der Waals surface area (Å²) in [5.74, 6) is 0. The van der Waals surface area contributed by atoms with Gasteiger partial charge in [0.2, 0.25) is 0 Å². The second-order valence-electron chi connectivity index (χ2n) is 10.7. The minimum Gasteiger partial charge on any atom is -0.134 e. The molecule has 0 amide bonds. The molecule has 0 aliphatic heterocycles. The second-order valence-corrected chi connectivity index (χ2v) is 28.8. The predicted octanol–water partition coefficient (Wildman–Crippen LogP) is 10.1. The molecule has 7 rings (SSSR count). The van der Waals surface area contributed by atoms with Gasteiger partial charge in [0.25, 0.3) is 0 Å². The number of hydrogen-bond donors (Lipinski definition) is 0. The number of hydrogen-bond acceptors (Lipinski definition) is 6. The molecule has 32 heavy (non-hydrogen) atoms. The van der Waals surface area contributed by atoms with Crippen LogP contribution >= 0.6 is 68.0 Å². The molecule has 7 aromatic rings. The van der Waals surface area contributed by atoms with Gasteiger partial charge in [-0.3, -0.25) is 0 Å². The molecule has 8 heteroatoms. The highest BCUT2D eigenvalue weighted by atomic mass is 32.2. The second kappa shape index (κ2) is 6.54.